The Morgan fingerprint density at radius 2 is 1.91 bits per heavy atom. The summed E-state index contributed by atoms with van der Waals surface area (Å²) in [5, 5.41) is 5.25. The lowest BCUT2D eigenvalue weighted by atomic mass is 10.1. The number of nitrogens with zero attached hydrogens (tertiary/aromatic N) is 1. The summed E-state index contributed by atoms with van der Waals surface area (Å²) in [5.41, 5.74) is 1.64. The lowest BCUT2D eigenvalue weighted by Gasteiger charge is -2.28. The molecule has 1 aliphatic heterocycles. The SMILES string of the molecule is COc1ccc(N2Cc3ccc(OSN)cc3OC2=O)cc1. The number of carbonyl (C=O) groups excluding carboxylic acids is 1. The molecule has 0 spiro atoms. The Labute approximate surface area is 132 Å². The van der Waals surface area contributed by atoms with Crippen LogP contribution in [0, 0.1) is 0 Å². The second kappa shape index (κ2) is 6.17. The summed E-state index contributed by atoms with van der Waals surface area (Å²) in [4.78, 5) is 13.7. The second-order valence-corrected chi connectivity index (χ2v) is 4.96. The van der Waals surface area contributed by atoms with E-state index in [2.05, 4.69) is 0 Å². The second-order valence-electron chi connectivity index (χ2n) is 4.60. The predicted octanol–water partition coefficient (Wildman–Crippen LogP) is 3.11. The summed E-state index contributed by atoms with van der Waals surface area (Å²) in [6, 6.07) is 12.5. The summed E-state index contributed by atoms with van der Waals surface area (Å²) < 4.78 is 15.6. The van der Waals surface area contributed by atoms with Gasteiger partial charge in [-0.2, -0.15) is 0 Å². The highest BCUT2D eigenvalue weighted by atomic mass is 32.2. The smallest absolute Gasteiger partial charge is 0.420 e. The van der Waals surface area contributed by atoms with Gasteiger partial charge in [0.05, 0.1) is 13.7 Å². The average Bonchev–Trinajstić information content (AvgIpc) is 2.54. The first-order chi connectivity index (χ1) is 10.7. The van der Waals surface area contributed by atoms with Crippen LogP contribution in [0.5, 0.6) is 17.2 Å². The van der Waals surface area contributed by atoms with Gasteiger partial charge in [0, 0.05) is 17.3 Å². The van der Waals surface area contributed by atoms with E-state index in [1.807, 2.05) is 18.2 Å². The van der Waals surface area contributed by atoms with Gasteiger partial charge < -0.3 is 13.7 Å². The van der Waals surface area contributed by atoms with Gasteiger partial charge in [-0.3, -0.25) is 4.90 Å². The molecular weight excluding hydrogens is 304 g/mol. The third-order valence-electron chi connectivity index (χ3n) is 3.31. The third kappa shape index (κ3) is 2.81. The Balaban J connectivity index is 1.85. The Kier molecular flexibility index (Phi) is 4.08. The molecule has 0 aliphatic carbocycles. The first-order valence-corrected chi connectivity index (χ1v) is 7.31. The fraction of sp³-hybridized carbons (Fsp3) is 0.133. The topological polar surface area (TPSA) is 74.0 Å². The highest BCUT2D eigenvalue weighted by Crippen LogP contribution is 2.33. The Morgan fingerprint density at radius 1 is 1.18 bits per heavy atom. The van der Waals surface area contributed by atoms with Crippen LogP contribution in [0.15, 0.2) is 42.5 Å². The van der Waals surface area contributed by atoms with Crippen LogP contribution >= 0.6 is 12.2 Å². The summed E-state index contributed by atoms with van der Waals surface area (Å²) in [5.74, 6) is 1.76. The van der Waals surface area contributed by atoms with E-state index in [9.17, 15) is 4.79 Å². The number of carbonyl (C=O) groups is 1. The molecule has 2 aromatic rings. The predicted molar refractivity (Wildman–Crippen MR) is 84.0 cm³/mol. The Morgan fingerprint density at radius 3 is 2.59 bits per heavy atom. The number of hydrogen-bond donors (Lipinski definition) is 1. The zero-order chi connectivity index (χ0) is 15.5. The number of anilines is 1. The largest absolute Gasteiger partial charge is 0.497 e. The minimum absolute atomic E-state index is 0.427. The summed E-state index contributed by atoms with van der Waals surface area (Å²) in [7, 11) is 1.60. The van der Waals surface area contributed by atoms with Gasteiger partial charge in [0.1, 0.15) is 29.5 Å². The zero-order valence-corrected chi connectivity index (χ0v) is 12.6. The first-order valence-electron chi connectivity index (χ1n) is 6.51. The van der Waals surface area contributed by atoms with Crippen LogP contribution in [-0.2, 0) is 6.54 Å². The monoisotopic (exact) mass is 318 g/mol. The van der Waals surface area contributed by atoms with Crippen molar-refractivity contribution in [3.63, 3.8) is 0 Å². The fourth-order valence-electron chi connectivity index (χ4n) is 2.21. The Hall–Kier alpha value is -2.38. The van der Waals surface area contributed by atoms with Crippen molar-refractivity contribution < 1.29 is 18.5 Å². The number of ether oxygens (including phenoxy) is 2. The van der Waals surface area contributed by atoms with Crippen molar-refractivity contribution in [1.82, 2.24) is 0 Å². The fourth-order valence-corrected chi connectivity index (χ4v) is 2.43. The molecule has 0 unspecified atom stereocenters. The number of fused-ring (bicyclic) bond motifs is 1. The van der Waals surface area contributed by atoms with Crippen LogP contribution in [0.1, 0.15) is 5.56 Å². The van der Waals surface area contributed by atoms with Crippen LogP contribution in [0.3, 0.4) is 0 Å². The number of rotatable bonds is 4. The van der Waals surface area contributed by atoms with Crippen molar-refractivity contribution in [1.29, 1.82) is 0 Å². The molecule has 2 N–H and O–H groups in total. The lowest BCUT2D eigenvalue weighted by Crippen LogP contribution is -2.36. The van der Waals surface area contributed by atoms with Gasteiger partial charge in [-0.05, 0) is 36.4 Å². The van der Waals surface area contributed by atoms with Crippen LogP contribution < -0.4 is 23.7 Å². The standard InChI is InChI=1S/C15H14N2O4S/c1-19-12-6-3-11(4-7-12)17-9-10-2-5-13(21-22-16)8-14(10)20-15(17)18/h2-8H,9,16H2,1H3. The van der Waals surface area contributed by atoms with Crippen molar-refractivity contribution in [3.05, 3.63) is 48.0 Å². The number of amides is 1. The van der Waals surface area contributed by atoms with E-state index in [4.69, 9.17) is 18.8 Å². The van der Waals surface area contributed by atoms with E-state index in [0.29, 0.717) is 18.0 Å². The van der Waals surface area contributed by atoms with E-state index in [1.165, 1.54) is 0 Å². The average molecular weight is 318 g/mol. The molecule has 0 saturated heterocycles. The number of nitrogens with two attached hydrogens (primary N) is 1. The van der Waals surface area contributed by atoms with Gasteiger partial charge >= 0.3 is 6.09 Å². The van der Waals surface area contributed by atoms with E-state index in [-0.39, 0.29) is 0 Å². The molecule has 2 aromatic carbocycles. The molecule has 0 bridgehead atoms. The zero-order valence-electron chi connectivity index (χ0n) is 11.8. The van der Waals surface area contributed by atoms with Gasteiger partial charge in [0.2, 0.25) is 0 Å². The summed E-state index contributed by atoms with van der Waals surface area (Å²) >= 11 is 0.744. The molecule has 1 aliphatic rings. The van der Waals surface area contributed by atoms with Gasteiger partial charge in [-0.15, -0.1) is 0 Å². The minimum atomic E-state index is -0.435. The van der Waals surface area contributed by atoms with Crippen molar-refractivity contribution in [2.24, 2.45) is 5.14 Å². The molecule has 0 fully saturated rings. The molecule has 3 rings (SSSR count). The summed E-state index contributed by atoms with van der Waals surface area (Å²) in [6.45, 7) is 0.427. The maximum Gasteiger partial charge on any atom is 0.420 e. The van der Waals surface area contributed by atoms with Crippen LogP contribution in [0.2, 0.25) is 0 Å². The van der Waals surface area contributed by atoms with Gasteiger partial charge in [-0.25, -0.2) is 9.93 Å². The molecule has 7 heteroatoms. The maximum absolute atomic E-state index is 12.2. The quantitative estimate of drug-likeness (QED) is 0.689. The lowest BCUT2D eigenvalue weighted by molar-refractivity contribution is 0.203. The van der Waals surface area contributed by atoms with E-state index in [0.717, 1.165) is 29.2 Å². The highest BCUT2D eigenvalue weighted by Gasteiger charge is 2.26. The van der Waals surface area contributed by atoms with Crippen LogP contribution in [0.25, 0.3) is 0 Å². The van der Waals surface area contributed by atoms with Gasteiger partial charge in [0.15, 0.2) is 0 Å². The van der Waals surface area contributed by atoms with Gasteiger partial charge in [0.25, 0.3) is 0 Å². The normalized spacial score (nSPS) is 13.4. The maximum atomic E-state index is 12.2. The molecule has 114 valence electrons. The molecule has 0 aromatic heterocycles. The Bertz CT molecular complexity index is 690. The number of hydrogen-bond acceptors (Lipinski definition) is 6. The molecule has 22 heavy (non-hydrogen) atoms. The molecule has 1 heterocycles. The van der Waals surface area contributed by atoms with Crippen LogP contribution in [0.4, 0.5) is 10.5 Å². The number of methoxy groups -OCH3 is 1. The first kappa shape index (κ1) is 14.6. The van der Waals surface area contributed by atoms with E-state index in [1.54, 1.807) is 36.3 Å². The molecule has 1 amide bonds. The van der Waals surface area contributed by atoms with E-state index < -0.39 is 6.09 Å². The minimum Gasteiger partial charge on any atom is -0.497 e. The molecule has 6 nitrogen and oxygen atoms in total. The van der Waals surface area contributed by atoms with Crippen LogP contribution in [-0.4, -0.2) is 13.2 Å². The molecule has 0 radical (unpaired) electrons. The number of benzene rings is 2. The van der Waals surface area contributed by atoms with Crippen molar-refractivity contribution in [2.45, 2.75) is 6.54 Å². The van der Waals surface area contributed by atoms with Crippen molar-refractivity contribution in [2.75, 3.05) is 12.0 Å². The van der Waals surface area contributed by atoms with Crippen molar-refractivity contribution >= 4 is 24.0 Å². The van der Waals surface area contributed by atoms with Crippen molar-refractivity contribution in [3.8, 4) is 17.2 Å². The molecule has 0 atom stereocenters. The third-order valence-corrected chi connectivity index (χ3v) is 3.60. The summed E-state index contributed by atoms with van der Waals surface area (Å²) in [6.07, 6.45) is -0.435. The van der Waals surface area contributed by atoms with Gasteiger partial charge in [-0.1, -0.05) is 0 Å². The molecule has 0 saturated carbocycles. The van der Waals surface area contributed by atoms with E-state index >= 15 is 0 Å². The molecular formula is C15H14N2O4S. The highest BCUT2D eigenvalue weighted by molar-refractivity contribution is 7.92.